The number of benzene rings is 2. The highest BCUT2D eigenvalue weighted by atomic mass is 19.4. The Morgan fingerprint density at radius 3 is 2.52 bits per heavy atom. The minimum Gasteiger partial charge on any atom is -0.493 e. The Labute approximate surface area is 189 Å². The quantitative estimate of drug-likeness (QED) is 0.589. The maximum atomic E-state index is 12.9. The number of carbonyl (C=O) groups is 1. The monoisotopic (exact) mass is 469 g/mol. The number of nitrogens with zero attached hydrogens (tertiary/aromatic N) is 1. The summed E-state index contributed by atoms with van der Waals surface area (Å²) in [6, 6.07) is 8.10. The Hall–Kier alpha value is -3.14. The number of halogens is 3. The van der Waals surface area contributed by atoms with Gasteiger partial charge in [0.05, 0.1) is 46.5 Å². The van der Waals surface area contributed by atoms with E-state index in [4.69, 9.17) is 23.7 Å². The second-order valence-corrected chi connectivity index (χ2v) is 7.34. The molecule has 1 amide bonds. The van der Waals surface area contributed by atoms with Crippen molar-refractivity contribution in [3.63, 3.8) is 0 Å². The van der Waals surface area contributed by atoms with Gasteiger partial charge >= 0.3 is 6.18 Å². The lowest BCUT2D eigenvalue weighted by atomic mass is 10.1. The molecule has 0 aromatic heterocycles. The van der Waals surface area contributed by atoms with Crippen molar-refractivity contribution in [1.82, 2.24) is 4.90 Å². The summed E-state index contributed by atoms with van der Waals surface area (Å²) in [5, 5.41) is 0. The van der Waals surface area contributed by atoms with Gasteiger partial charge in [0.1, 0.15) is 18.5 Å². The van der Waals surface area contributed by atoms with E-state index in [1.807, 2.05) is 0 Å². The minimum absolute atomic E-state index is 0.0186. The van der Waals surface area contributed by atoms with Gasteiger partial charge in [0.15, 0.2) is 11.5 Å². The smallest absolute Gasteiger partial charge is 0.416 e. The van der Waals surface area contributed by atoms with Crippen molar-refractivity contribution >= 4 is 5.91 Å². The lowest BCUT2D eigenvalue weighted by molar-refractivity contribution is -0.140. The van der Waals surface area contributed by atoms with Crippen LogP contribution in [0.25, 0.3) is 0 Å². The van der Waals surface area contributed by atoms with Gasteiger partial charge in [0.2, 0.25) is 11.7 Å². The second-order valence-electron chi connectivity index (χ2n) is 7.34. The summed E-state index contributed by atoms with van der Waals surface area (Å²) >= 11 is 0. The van der Waals surface area contributed by atoms with Crippen LogP contribution in [0, 0.1) is 0 Å². The van der Waals surface area contributed by atoms with E-state index in [-0.39, 0.29) is 31.2 Å². The molecule has 1 heterocycles. The van der Waals surface area contributed by atoms with Crippen molar-refractivity contribution < 1.29 is 41.7 Å². The molecule has 0 aliphatic carbocycles. The Morgan fingerprint density at radius 2 is 1.85 bits per heavy atom. The van der Waals surface area contributed by atoms with Crippen LogP contribution in [0.4, 0.5) is 13.2 Å². The van der Waals surface area contributed by atoms with Gasteiger partial charge < -0.3 is 28.6 Å². The van der Waals surface area contributed by atoms with Crippen LogP contribution in [0.5, 0.6) is 23.0 Å². The Balaban J connectivity index is 1.62. The first-order valence-electron chi connectivity index (χ1n) is 10.2. The van der Waals surface area contributed by atoms with Crippen molar-refractivity contribution in [3.8, 4) is 23.0 Å². The average molecular weight is 469 g/mol. The predicted molar refractivity (Wildman–Crippen MR) is 113 cm³/mol. The van der Waals surface area contributed by atoms with Gasteiger partial charge in [0, 0.05) is 12.1 Å². The highest BCUT2D eigenvalue weighted by Crippen LogP contribution is 2.40. The fourth-order valence-corrected chi connectivity index (χ4v) is 3.58. The van der Waals surface area contributed by atoms with E-state index in [2.05, 4.69) is 0 Å². The van der Waals surface area contributed by atoms with Gasteiger partial charge in [-0.25, -0.2) is 0 Å². The van der Waals surface area contributed by atoms with Crippen LogP contribution < -0.4 is 18.9 Å². The van der Waals surface area contributed by atoms with Crippen LogP contribution in [0.1, 0.15) is 11.1 Å². The van der Waals surface area contributed by atoms with E-state index in [9.17, 15) is 18.0 Å². The molecule has 180 valence electrons. The molecule has 0 spiro atoms. The number of alkyl halides is 3. The van der Waals surface area contributed by atoms with Crippen molar-refractivity contribution in [1.29, 1.82) is 0 Å². The number of methoxy groups -OCH3 is 3. The SMILES string of the molecule is COc1ccc(CC(=O)N2CCO[C@H](COc3cccc(C(F)(F)F)c3)C2)c(OC)c1OC. The number of morpholine rings is 1. The van der Waals surface area contributed by atoms with Crippen LogP contribution in [0.15, 0.2) is 36.4 Å². The number of hydrogen-bond acceptors (Lipinski definition) is 6. The van der Waals surface area contributed by atoms with Gasteiger partial charge in [0.25, 0.3) is 0 Å². The maximum absolute atomic E-state index is 12.9. The van der Waals surface area contributed by atoms with E-state index in [1.54, 1.807) is 17.0 Å². The van der Waals surface area contributed by atoms with E-state index in [1.165, 1.54) is 33.5 Å². The van der Waals surface area contributed by atoms with Crippen molar-refractivity contribution in [3.05, 3.63) is 47.5 Å². The number of carbonyl (C=O) groups excluding carboxylic acids is 1. The van der Waals surface area contributed by atoms with Gasteiger partial charge in [-0.05, 0) is 24.3 Å². The molecule has 10 heteroatoms. The molecule has 33 heavy (non-hydrogen) atoms. The normalized spacial score (nSPS) is 16.3. The summed E-state index contributed by atoms with van der Waals surface area (Å²) in [6.45, 7) is 0.970. The third kappa shape index (κ3) is 6.01. The van der Waals surface area contributed by atoms with E-state index < -0.39 is 17.8 Å². The Morgan fingerprint density at radius 1 is 1.09 bits per heavy atom. The molecular weight excluding hydrogens is 443 g/mol. The zero-order chi connectivity index (χ0) is 24.0. The summed E-state index contributed by atoms with van der Waals surface area (Å²) in [5.41, 5.74) is -0.145. The number of rotatable bonds is 8. The van der Waals surface area contributed by atoms with Crippen LogP contribution >= 0.6 is 0 Å². The highest BCUT2D eigenvalue weighted by Gasteiger charge is 2.31. The number of ether oxygens (including phenoxy) is 5. The lowest BCUT2D eigenvalue weighted by Gasteiger charge is -2.33. The molecular formula is C23H26F3NO6. The minimum atomic E-state index is -4.45. The molecule has 0 N–H and O–H groups in total. The van der Waals surface area contributed by atoms with Crippen LogP contribution in [-0.4, -0.2) is 64.5 Å². The first-order chi connectivity index (χ1) is 15.8. The first kappa shape index (κ1) is 24.5. The van der Waals surface area contributed by atoms with Crippen molar-refractivity contribution in [2.45, 2.75) is 18.7 Å². The van der Waals surface area contributed by atoms with Crippen molar-refractivity contribution in [2.24, 2.45) is 0 Å². The number of hydrogen-bond donors (Lipinski definition) is 0. The molecule has 0 saturated carbocycles. The molecule has 1 fully saturated rings. The molecule has 3 rings (SSSR count). The largest absolute Gasteiger partial charge is 0.493 e. The molecule has 0 unspecified atom stereocenters. The molecule has 7 nitrogen and oxygen atoms in total. The molecule has 2 aromatic rings. The summed E-state index contributed by atoms with van der Waals surface area (Å²) in [7, 11) is 4.49. The van der Waals surface area contributed by atoms with E-state index in [0.717, 1.165) is 12.1 Å². The molecule has 1 atom stereocenters. The van der Waals surface area contributed by atoms with Gasteiger partial charge in [-0.15, -0.1) is 0 Å². The molecule has 1 saturated heterocycles. The first-order valence-corrected chi connectivity index (χ1v) is 10.2. The highest BCUT2D eigenvalue weighted by molar-refractivity contribution is 5.80. The third-order valence-corrected chi connectivity index (χ3v) is 5.22. The van der Waals surface area contributed by atoms with Gasteiger partial charge in [-0.3, -0.25) is 4.79 Å². The Kier molecular flexibility index (Phi) is 7.91. The number of amides is 1. The summed E-state index contributed by atoms with van der Waals surface area (Å²) in [4.78, 5) is 14.6. The fraction of sp³-hybridized carbons (Fsp3) is 0.435. The lowest BCUT2D eigenvalue weighted by Crippen LogP contribution is -2.48. The van der Waals surface area contributed by atoms with Gasteiger partial charge in [-0.1, -0.05) is 12.1 Å². The second kappa shape index (κ2) is 10.7. The van der Waals surface area contributed by atoms with Crippen LogP contribution in [0.2, 0.25) is 0 Å². The molecule has 0 bridgehead atoms. The van der Waals surface area contributed by atoms with Crippen LogP contribution in [0.3, 0.4) is 0 Å². The van der Waals surface area contributed by atoms with E-state index in [0.29, 0.717) is 36.0 Å². The molecule has 1 aliphatic rings. The molecule has 2 aromatic carbocycles. The zero-order valence-electron chi connectivity index (χ0n) is 18.6. The predicted octanol–water partition coefficient (Wildman–Crippen LogP) is 3.58. The zero-order valence-corrected chi connectivity index (χ0v) is 18.6. The topological polar surface area (TPSA) is 66.5 Å². The average Bonchev–Trinajstić information content (AvgIpc) is 2.82. The Bertz CT molecular complexity index is 966. The van der Waals surface area contributed by atoms with E-state index >= 15 is 0 Å². The standard InChI is InChI=1S/C23H26F3NO6/c1-29-19-8-7-15(21(30-2)22(19)31-3)11-20(28)27-9-10-32-18(13-27)14-33-17-6-4-5-16(12-17)23(24,25)26/h4-8,12,18H,9-11,13-14H2,1-3H3/t18-/m0/s1. The maximum Gasteiger partial charge on any atom is 0.416 e. The molecule has 0 radical (unpaired) electrons. The fourth-order valence-electron chi connectivity index (χ4n) is 3.58. The summed E-state index contributed by atoms with van der Waals surface area (Å²) in [6.07, 6.45) is -4.84. The van der Waals surface area contributed by atoms with Gasteiger partial charge in [-0.2, -0.15) is 13.2 Å². The van der Waals surface area contributed by atoms with Crippen molar-refractivity contribution in [2.75, 3.05) is 47.6 Å². The summed E-state index contributed by atoms with van der Waals surface area (Å²) in [5.74, 6) is 1.26. The van der Waals surface area contributed by atoms with Crippen LogP contribution in [-0.2, 0) is 22.1 Å². The molecule has 1 aliphatic heterocycles. The third-order valence-electron chi connectivity index (χ3n) is 5.22. The summed E-state index contributed by atoms with van der Waals surface area (Å²) < 4.78 is 65.8.